The fourth-order valence-corrected chi connectivity index (χ4v) is 4.06. The second-order valence-electron chi connectivity index (χ2n) is 4.80. The Bertz CT molecular complexity index is 602. The van der Waals surface area contributed by atoms with Crippen molar-refractivity contribution < 1.29 is 17.9 Å². The minimum atomic E-state index is -3.00. The number of carbonyl (C=O) groups is 1. The molecule has 1 heterocycles. The maximum Gasteiger partial charge on any atom is 0.261 e. The largest absolute Gasteiger partial charge is 0.480 e. The lowest BCUT2D eigenvalue weighted by molar-refractivity contribution is -0.127. The Morgan fingerprint density at radius 3 is 2.75 bits per heavy atom. The molecule has 1 fully saturated rings. The van der Waals surface area contributed by atoms with Crippen molar-refractivity contribution in [2.75, 3.05) is 11.5 Å². The van der Waals surface area contributed by atoms with Gasteiger partial charge in [-0.3, -0.25) is 4.79 Å². The van der Waals surface area contributed by atoms with Gasteiger partial charge in [-0.15, -0.1) is 0 Å². The Morgan fingerprint density at radius 1 is 1.45 bits per heavy atom. The van der Waals surface area contributed by atoms with Gasteiger partial charge >= 0.3 is 0 Å². The van der Waals surface area contributed by atoms with Crippen LogP contribution in [0.25, 0.3) is 0 Å². The lowest BCUT2D eigenvalue weighted by Gasteiger charge is -2.18. The Hall–Kier alpha value is -1.08. The highest BCUT2D eigenvalue weighted by Crippen LogP contribution is 2.24. The lowest BCUT2D eigenvalue weighted by Crippen LogP contribution is -2.43. The van der Waals surface area contributed by atoms with Crippen molar-refractivity contribution in [3.63, 3.8) is 0 Å². The summed E-state index contributed by atoms with van der Waals surface area (Å²) in [7, 11) is -3.00. The van der Waals surface area contributed by atoms with E-state index in [2.05, 4.69) is 21.2 Å². The van der Waals surface area contributed by atoms with Crippen LogP contribution in [0.5, 0.6) is 5.75 Å². The van der Waals surface area contributed by atoms with Crippen LogP contribution in [0.3, 0.4) is 0 Å². The van der Waals surface area contributed by atoms with Gasteiger partial charge < -0.3 is 10.1 Å². The lowest BCUT2D eigenvalue weighted by atomic mass is 10.2. The minimum absolute atomic E-state index is 0.0144. The molecule has 1 N–H and O–H groups in total. The number of nitrogens with one attached hydrogen (secondary N) is 1. The number of carbonyl (C=O) groups excluding carboxylic acids is 1. The third kappa shape index (κ3) is 3.96. The minimum Gasteiger partial charge on any atom is -0.480 e. The van der Waals surface area contributed by atoms with Crippen molar-refractivity contribution in [2.45, 2.75) is 25.5 Å². The van der Waals surface area contributed by atoms with Crippen LogP contribution in [0.4, 0.5) is 0 Å². The average Bonchev–Trinajstić information content (AvgIpc) is 2.71. The van der Waals surface area contributed by atoms with Crippen LogP contribution in [-0.4, -0.2) is 38.0 Å². The number of ether oxygens (including phenoxy) is 1. The van der Waals surface area contributed by atoms with Crippen LogP contribution in [0.1, 0.15) is 13.3 Å². The van der Waals surface area contributed by atoms with Crippen molar-refractivity contribution in [3.8, 4) is 5.75 Å². The second kappa shape index (κ2) is 6.13. The van der Waals surface area contributed by atoms with Crippen LogP contribution in [-0.2, 0) is 14.6 Å². The first kappa shape index (κ1) is 15.3. The predicted molar refractivity (Wildman–Crippen MR) is 79.4 cm³/mol. The fourth-order valence-electron chi connectivity index (χ4n) is 2.01. The first-order valence-corrected chi connectivity index (χ1v) is 8.91. The number of amides is 1. The first-order valence-electron chi connectivity index (χ1n) is 6.29. The molecule has 0 radical (unpaired) electrons. The summed E-state index contributed by atoms with van der Waals surface area (Å²) >= 11 is 3.34. The van der Waals surface area contributed by atoms with Gasteiger partial charge in [0.25, 0.3) is 5.91 Å². The molecule has 1 saturated heterocycles. The Labute approximate surface area is 126 Å². The Kier molecular flexibility index (Phi) is 4.70. The van der Waals surface area contributed by atoms with E-state index in [-0.39, 0.29) is 23.5 Å². The molecule has 0 saturated carbocycles. The number of para-hydroxylation sites is 1. The summed E-state index contributed by atoms with van der Waals surface area (Å²) in [6.45, 7) is 1.64. The highest BCUT2D eigenvalue weighted by molar-refractivity contribution is 9.10. The van der Waals surface area contributed by atoms with Crippen molar-refractivity contribution in [1.29, 1.82) is 0 Å². The first-order chi connectivity index (χ1) is 9.37. The van der Waals surface area contributed by atoms with Gasteiger partial charge in [0.2, 0.25) is 0 Å². The van der Waals surface area contributed by atoms with Crippen LogP contribution < -0.4 is 10.1 Å². The standard InChI is InChI=1S/C13H16BrNO4S/c1-9(19-12-5-3-2-4-11(12)14)13(16)15-10-6-7-20(17,18)8-10/h2-5,9-10H,6-8H2,1H3,(H,15,16). The third-order valence-electron chi connectivity index (χ3n) is 3.09. The molecule has 1 amide bonds. The van der Waals surface area contributed by atoms with E-state index in [0.717, 1.165) is 4.47 Å². The van der Waals surface area contributed by atoms with E-state index < -0.39 is 15.9 Å². The van der Waals surface area contributed by atoms with Crippen LogP contribution in [0.2, 0.25) is 0 Å². The van der Waals surface area contributed by atoms with Crippen molar-refractivity contribution in [2.24, 2.45) is 0 Å². The predicted octanol–water partition coefficient (Wildman–Crippen LogP) is 1.52. The highest BCUT2D eigenvalue weighted by Gasteiger charge is 2.30. The number of benzene rings is 1. The van der Waals surface area contributed by atoms with Gasteiger partial charge in [-0.2, -0.15) is 0 Å². The quantitative estimate of drug-likeness (QED) is 0.882. The molecule has 2 atom stereocenters. The van der Waals surface area contributed by atoms with Gasteiger partial charge in [0, 0.05) is 6.04 Å². The Morgan fingerprint density at radius 2 is 2.15 bits per heavy atom. The molecule has 2 unspecified atom stereocenters. The Balaban J connectivity index is 1.91. The van der Waals surface area contributed by atoms with E-state index in [4.69, 9.17) is 4.74 Å². The number of sulfone groups is 1. The van der Waals surface area contributed by atoms with E-state index in [1.54, 1.807) is 13.0 Å². The number of hydrogen-bond acceptors (Lipinski definition) is 4. The zero-order valence-electron chi connectivity index (χ0n) is 11.0. The van der Waals surface area contributed by atoms with E-state index in [9.17, 15) is 13.2 Å². The van der Waals surface area contributed by atoms with Gasteiger partial charge in [0.1, 0.15) is 5.75 Å². The zero-order chi connectivity index (χ0) is 14.8. The number of rotatable bonds is 4. The summed E-state index contributed by atoms with van der Waals surface area (Å²) in [4.78, 5) is 12.0. The summed E-state index contributed by atoms with van der Waals surface area (Å²) in [6, 6.07) is 6.94. The summed E-state index contributed by atoms with van der Waals surface area (Å²) in [5.74, 6) is 0.426. The summed E-state index contributed by atoms with van der Waals surface area (Å²) < 4.78 is 29.0. The van der Waals surface area contributed by atoms with Gasteiger partial charge in [0.15, 0.2) is 15.9 Å². The van der Waals surface area contributed by atoms with E-state index >= 15 is 0 Å². The third-order valence-corrected chi connectivity index (χ3v) is 5.51. The second-order valence-corrected chi connectivity index (χ2v) is 7.88. The summed E-state index contributed by atoms with van der Waals surface area (Å²) in [5.41, 5.74) is 0. The molecule has 1 aliphatic rings. The van der Waals surface area contributed by atoms with Gasteiger partial charge in [-0.25, -0.2) is 8.42 Å². The molecule has 5 nitrogen and oxygen atoms in total. The monoisotopic (exact) mass is 361 g/mol. The molecular weight excluding hydrogens is 346 g/mol. The SMILES string of the molecule is CC(Oc1ccccc1Br)C(=O)NC1CCS(=O)(=O)C1. The van der Waals surface area contributed by atoms with E-state index in [1.165, 1.54) is 0 Å². The maximum absolute atomic E-state index is 12.0. The van der Waals surface area contributed by atoms with Crippen molar-refractivity contribution >= 4 is 31.7 Å². The molecule has 0 aromatic heterocycles. The van der Waals surface area contributed by atoms with Crippen molar-refractivity contribution in [3.05, 3.63) is 28.7 Å². The smallest absolute Gasteiger partial charge is 0.261 e. The molecule has 0 aliphatic carbocycles. The van der Waals surface area contributed by atoms with Crippen LogP contribution >= 0.6 is 15.9 Å². The zero-order valence-corrected chi connectivity index (χ0v) is 13.4. The van der Waals surface area contributed by atoms with Gasteiger partial charge in [0.05, 0.1) is 16.0 Å². The molecule has 1 aliphatic heterocycles. The van der Waals surface area contributed by atoms with Gasteiger partial charge in [-0.05, 0) is 41.4 Å². The fraction of sp³-hybridized carbons (Fsp3) is 0.462. The molecule has 1 aromatic rings. The topological polar surface area (TPSA) is 72.5 Å². The number of hydrogen-bond donors (Lipinski definition) is 1. The molecule has 1 aromatic carbocycles. The molecule has 2 rings (SSSR count). The van der Waals surface area contributed by atoms with E-state index in [1.807, 2.05) is 18.2 Å². The molecule has 0 spiro atoms. The molecule has 110 valence electrons. The maximum atomic E-state index is 12.0. The van der Waals surface area contributed by atoms with Crippen LogP contribution in [0, 0.1) is 0 Å². The molecular formula is C13H16BrNO4S. The van der Waals surface area contributed by atoms with Crippen molar-refractivity contribution in [1.82, 2.24) is 5.32 Å². The number of halogens is 1. The van der Waals surface area contributed by atoms with Crippen LogP contribution in [0.15, 0.2) is 28.7 Å². The summed E-state index contributed by atoms with van der Waals surface area (Å²) in [6.07, 6.45) is -0.215. The summed E-state index contributed by atoms with van der Waals surface area (Å²) in [5, 5.41) is 2.72. The average molecular weight is 362 g/mol. The highest BCUT2D eigenvalue weighted by atomic mass is 79.9. The molecule has 0 bridgehead atoms. The van der Waals surface area contributed by atoms with Gasteiger partial charge in [-0.1, -0.05) is 12.1 Å². The normalized spacial score (nSPS) is 22.2. The van der Waals surface area contributed by atoms with E-state index in [0.29, 0.717) is 12.2 Å². The molecule has 7 heteroatoms. The molecule has 20 heavy (non-hydrogen) atoms.